The standard InChI is InChI=1S/C16H18N2O/c1-11-13(6-7-16(17)18-11)8-12-9-14-4-2-3-5-15(14)19-10-12/h2-7,12H,8-10H2,1H3,(H2,17,18)/t12-/m0/s1. The van der Waals surface area contributed by atoms with Gasteiger partial charge in [0.1, 0.15) is 11.6 Å². The van der Waals surface area contributed by atoms with E-state index in [-0.39, 0.29) is 0 Å². The van der Waals surface area contributed by atoms with Gasteiger partial charge in [0.15, 0.2) is 0 Å². The summed E-state index contributed by atoms with van der Waals surface area (Å²) in [6.45, 7) is 2.80. The highest BCUT2D eigenvalue weighted by Gasteiger charge is 2.20. The van der Waals surface area contributed by atoms with E-state index >= 15 is 0 Å². The molecule has 19 heavy (non-hydrogen) atoms. The first-order chi connectivity index (χ1) is 9.22. The summed E-state index contributed by atoms with van der Waals surface area (Å²) in [6.07, 6.45) is 2.06. The minimum absolute atomic E-state index is 0.513. The van der Waals surface area contributed by atoms with Gasteiger partial charge < -0.3 is 10.5 Å². The zero-order valence-electron chi connectivity index (χ0n) is 11.1. The molecule has 1 aliphatic rings. The summed E-state index contributed by atoms with van der Waals surface area (Å²) in [4.78, 5) is 4.32. The summed E-state index contributed by atoms with van der Waals surface area (Å²) in [5, 5.41) is 0. The molecule has 0 unspecified atom stereocenters. The van der Waals surface area contributed by atoms with Crippen LogP contribution < -0.4 is 10.5 Å². The molecule has 0 amide bonds. The molecule has 3 heteroatoms. The van der Waals surface area contributed by atoms with E-state index in [0.29, 0.717) is 11.7 Å². The highest BCUT2D eigenvalue weighted by molar-refractivity contribution is 5.37. The third-order valence-electron chi connectivity index (χ3n) is 3.68. The summed E-state index contributed by atoms with van der Waals surface area (Å²) in [5.74, 6) is 2.14. The monoisotopic (exact) mass is 254 g/mol. The van der Waals surface area contributed by atoms with E-state index in [0.717, 1.165) is 30.9 Å². The van der Waals surface area contributed by atoms with Crippen LogP contribution in [0.15, 0.2) is 36.4 Å². The lowest BCUT2D eigenvalue weighted by atomic mass is 9.90. The Morgan fingerprint density at radius 1 is 1.26 bits per heavy atom. The Labute approximate surface area is 113 Å². The molecule has 0 saturated heterocycles. The number of nitrogens with zero attached hydrogens (tertiary/aromatic N) is 1. The summed E-state index contributed by atoms with van der Waals surface area (Å²) in [5.41, 5.74) is 9.29. The van der Waals surface area contributed by atoms with Crippen molar-refractivity contribution in [1.29, 1.82) is 0 Å². The van der Waals surface area contributed by atoms with Crippen LogP contribution in [0.4, 0.5) is 5.82 Å². The van der Waals surface area contributed by atoms with E-state index in [9.17, 15) is 0 Å². The van der Waals surface area contributed by atoms with E-state index in [1.807, 2.05) is 25.1 Å². The molecule has 2 N–H and O–H groups in total. The fraction of sp³-hybridized carbons (Fsp3) is 0.312. The molecule has 3 rings (SSSR count). The number of hydrogen-bond donors (Lipinski definition) is 1. The van der Waals surface area contributed by atoms with Gasteiger partial charge in [-0.15, -0.1) is 0 Å². The van der Waals surface area contributed by atoms with Crippen LogP contribution in [-0.4, -0.2) is 11.6 Å². The fourth-order valence-electron chi connectivity index (χ4n) is 2.66. The number of rotatable bonds is 2. The first-order valence-electron chi connectivity index (χ1n) is 6.65. The van der Waals surface area contributed by atoms with Gasteiger partial charge in [0, 0.05) is 11.6 Å². The van der Waals surface area contributed by atoms with Crippen molar-refractivity contribution in [3.05, 3.63) is 53.2 Å². The maximum Gasteiger partial charge on any atom is 0.123 e. The SMILES string of the molecule is Cc1nc(N)ccc1C[C@@H]1COc2ccccc2C1. The molecular weight excluding hydrogens is 236 g/mol. The number of fused-ring (bicyclic) bond motifs is 1. The Balaban J connectivity index is 1.75. The number of pyridine rings is 1. The first kappa shape index (κ1) is 12.0. The third-order valence-corrected chi connectivity index (χ3v) is 3.68. The van der Waals surface area contributed by atoms with Crippen LogP contribution in [0.5, 0.6) is 5.75 Å². The van der Waals surface area contributed by atoms with Gasteiger partial charge >= 0.3 is 0 Å². The second-order valence-corrected chi connectivity index (χ2v) is 5.17. The number of aryl methyl sites for hydroxylation is 1. The Kier molecular flexibility index (Phi) is 3.11. The molecule has 1 atom stereocenters. The van der Waals surface area contributed by atoms with Gasteiger partial charge in [-0.3, -0.25) is 0 Å². The van der Waals surface area contributed by atoms with Gasteiger partial charge in [-0.2, -0.15) is 0 Å². The topological polar surface area (TPSA) is 48.1 Å². The number of hydrogen-bond acceptors (Lipinski definition) is 3. The van der Waals surface area contributed by atoms with Crippen molar-refractivity contribution in [3.63, 3.8) is 0 Å². The van der Waals surface area contributed by atoms with E-state index in [2.05, 4.69) is 23.2 Å². The van der Waals surface area contributed by atoms with E-state index in [1.54, 1.807) is 0 Å². The van der Waals surface area contributed by atoms with Crippen molar-refractivity contribution in [1.82, 2.24) is 4.98 Å². The van der Waals surface area contributed by atoms with E-state index in [1.165, 1.54) is 11.1 Å². The van der Waals surface area contributed by atoms with Crippen molar-refractivity contribution in [3.8, 4) is 5.75 Å². The predicted molar refractivity (Wildman–Crippen MR) is 76.2 cm³/mol. The minimum Gasteiger partial charge on any atom is -0.493 e. The zero-order chi connectivity index (χ0) is 13.2. The first-order valence-corrected chi connectivity index (χ1v) is 6.65. The molecule has 0 radical (unpaired) electrons. The lowest BCUT2D eigenvalue weighted by Gasteiger charge is -2.25. The lowest BCUT2D eigenvalue weighted by Crippen LogP contribution is -2.23. The van der Waals surface area contributed by atoms with Crippen molar-refractivity contribution >= 4 is 5.82 Å². The molecule has 0 fully saturated rings. The predicted octanol–water partition coefficient (Wildman–Crippen LogP) is 2.77. The molecular formula is C16H18N2O. The van der Waals surface area contributed by atoms with Gasteiger partial charge in [0.25, 0.3) is 0 Å². The molecule has 2 heterocycles. The largest absolute Gasteiger partial charge is 0.493 e. The second-order valence-electron chi connectivity index (χ2n) is 5.17. The van der Waals surface area contributed by atoms with Gasteiger partial charge in [0.05, 0.1) is 6.61 Å². The smallest absolute Gasteiger partial charge is 0.123 e. The summed E-state index contributed by atoms with van der Waals surface area (Å²) < 4.78 is 5.83. The molecule has 1 aromatic heterocycles. The van der Waals surface area contributed by atoms with Crippen molar-refractivity contribution in [2.45, 2.75) is 19.8 Å². The number of anilines is 1. The number of benzene rings is 1. The molecule has 3 nitrogen and oxygen atoms in total. The molecule has 0 spiro atoms. The number of ether oxygens (including phenoxy) is 1. The van der Waals surface area contributed by atoms with Crippen LogP contribution in [0.25, 0.3) is 0 Å². The summed E-state index contributed by atoms with van der Waals surface area (Å²) >= 11 is 0. The Morgan fingerprint density at radius 2 is 2.11 bits per heavy atom. The average Bonchev–Trinajstić information content (AvgIpc) is 2.42. The van der Waals surface area contributed by atoms with Crippen LogP contribution in [0.2, 0.25) is 0 Å². The summed E-state index contributed by atoms with van der Waals surface area (Å²) in [6, 6.07) is 12.2. The van der Waals surface area contributed by atoms with Crippen LogP contribution in [0.1, 0.15) is 16.8 Å². The fourth-order valence-corrected chi connectivity index (χ4v) is 2.66. The zero-order valence-corrected chi connectivity index (χ0v) is 11.1. The highest BCUT2D eigenvalue weighted by atomic mass is 16.5. The second kappa shape index (κ2) is 4.92. The van der Waals surface area contributed by atoms with Crippen molar-refractivity contribution < 1.29 is 4.74 Å². The van der Waals surface area contributed by atoms with Gasteiger partial charge in [-0.05, 0) is 43.0 Å². The number of para-hydroxylation sites is 1. The van der Waals surface area contributed by atoms with Gasteiger partial charge in [-0.1, -0.05) is 24.3 Å². The lowest BCUT2D eigenvalue weighted by molar-refractivity contribution is 0.221. The third kappa shape index (κ3) is 2.55. The van der Waals surface area contributed by atoms with Crippen molar-refractivity contribution in [2.24, 2.45) is 5.92 Å². The van der Waals surface area contributed by atoms with Crippen LogP contribution >= 0.6 is 0 Å². The van der Waals surface area contributed by atoms with E-state index < -0.39 is 0 Å². The Morgan fingerprint density at radius 3 is 2.95 bits per heavy atom. The van der Waals surface area contributed by atoms with Crippen molar-refractivity contribution in [2.75, 3.05) is 12.3 Å². The van der Waals surface area contributed by atoms with Crippen LogP contribution in [0, 0.1) is 12.8 Å². The maximum atomic E-state index is 5.83. The van der Waals surface area contributed by atoms with Gasteiger partial charge in [-0.25, -0.2) is 4.98 Å². The molecule has 98 valence electrons. The Bertz CT molecular complexity index is 595. The molecule has 2 aromatic rings. The summed E-state index contributed by atoms with van der Waals surface area (Å²) in [7, 11) is 0. The average molecular weight is 254 g/mol. The molecule has 0 bridgehead atoms. The number of nitrogens with two attached hydrogens (primary N) is 1. The maximum absolute atomic E-state index is 5.83. The quantitative estimate of drug-likeness (QED) is 0.896. The minimum atomic E-state index is 0.513. The normalized spacial score (nSPS) is 17.6. The van der Waals surface area contributed by atoms with Crippen LogP contribution in [0.3, 0.4) is 0 Å². The van der Waals surface area contributed by atoms with E-state index in [4.69, 9.17) is 10.5 Å². The van der Waals surface area contributed by atoms with Crippen LogP contribution in [-0.2, 0) is 12.8 Å². The molecule has 1 aliphatic heterocycles. The molecule has 0 saturated carbocycles. The Hall–Kier alpha value is -2.03. The molecule has 0 aliphatic carbocycles. The van der Waals surface area contributed by atoms with Gasteiger partial charge in [0.2, 0.25) is 0 Å². The number of nitrogen functional groups attached to an aromatic ring is 1. The number of aromatic nitrogens is 1. The molecule has 1 aromatic carbocycles. The highest BCUT2D eigenvalue weighted by Crippen LogP contribution is 2.28.